The molecule has 0 amide bonds. The van der Waals surface area contributed by atoms with Crippen molar-refractivity contribution < 1.29 is 18.8 Å². The molecule has 38 heavy (non-hydrogen) atoms. The number of esters is 1. The van der Waals surface area contributed by atoms with E-state index in [-0.39, 0.29) is 6.61 Å². The van der Waals surface area contributed by atoms with Crippen molar-refractivity contribution in [3.8, 4) is 28.1 Å². The number of ether oxygens (including phenoxy) is 2. The number of carbonyl (C=O) groups excluding carboxylic acids is 1. The van der Waals surface area contributed by atoms with Crippen LogP contribution in [-0.2, 0) is 17.8 Å². The van der Waals surface area contributed by atoms with Gasteiger partial charge in [-0.05, 0) is 53.9 Å². The third kappa shape index (κ3) is 5.23. The maximum atomic E-state index is 11.8. The summed E-state index contributed by atoms with van der Waals surface area (Å²) in [6.07, 6.45) is 3.15. The SMILES string of the molecule is CCCc1onc(-c2c(Cl)cccc2Cl)c1COc1ccc(-c2ccc3cc(C(=O)OC)cnc3c2)cc1. The lowest BCUT2D eigenvalue weighted by Gasteiger charge is -2.10. The number of aryl methyl sites for hydroxylation is 1. The molecule has 0 saturated heterocycles. The number of carbonyl (C=O) groups is 1. The minimum absolute atomic E-state index is 0.261. The van der Waals surface area contributed by atoms with Gasteiger partial charge in [0, 0.05) is 23.6 Å². The Kier molecular flexibility index (Phi) is 7.63. The van der Waals surface area contributed by atoms with Gasteiger partial charge in [0.05, 0.1) is 33.8 Å². The highest BCUT2D eigenvalue weighted by Gasteiger charge is 2.22. The summed E-state index contributed by atoms with van der Waals surface area (Å²) >= 11 is 12.9. The van der Waals surface area contributed by atoms with Gasteiger partial charge in [-0.1, -0.05) is 65.6 Å². The topological polar surface area (TPSA) is 74.5 Å². The molecular weight excluding hydrogens is 523 g/mol. The second kappa shape index (κ2) is 11.3. The van der Waals surface area contributed by atoms with Crippen LogP contribution < -0.4 is 4.74 Å². The Labute approximate surface area is 230 Å². The number of methoxy groups -OCH3 is 1. The number of halogens is 2. The summed E-state index contributed by atoms with van der Waals surface area (Å²) in [4.78, 5) is 16.2. The quantitative estimate of drug-likeness (QED) is 0.182. The fourth-order valence-electron chi connectivity index (χ4n) is 4.27. The molecule has 2 heterocycles. The smallest absolute Gasteiger partial charge is 0.339 e. The van der Waals surface area contributed by atoms with Crippen LogP contribution in [0.15, 0.2) is 77.4 Å². The number of rotatable bonds is 8. The summed E-state index contributed by atoms with van der Waals surface area (Å²) in [5, 5.41) is 6.16. The fourth-order valence-corrected chi connectivity index (χ4v) is 4.84. The molecule has 0 bridgehead atoms. The van der Waals surface area contributed by atoms with Crippen molar-refractivity contribution >= 4 is 40.1 Å². The third-order valence-electron chi connectivity index (χ3n) is 6.22. The lowest BCUT2D eigenvalue weighted by atomic mass is 10.0. The average Bonchev–Trinajstić information content (AvgIpc) is 3.33. The van der Waals surface area contributed by atoms with Gasteiger partial charge in [0.15, 0.2) is 0 Å². The van der Waals surface area contributed by atoms with Crippen LogP contribution in [0.3, 0.4) is 0 Å². The van der Waals surface area contributed by atoms with Gasteiger partial charge in [-0.15, -0.1) is 0 Å². The zero-order chi connectivity index (χ0) is 26.6. The summed E-state index contributed by atoms with van der Waals surface area (Å²) in [5.41, 5.74) is 5.29. The normalized spacial score (nSPS) is 11.1. The van der Waals surface area contributed by atoms with Gasteiger partial charge in [0.2, 0.25) is 0 Å². The Hall–Kier alpha value is -3.87. The lowest BCUT2D eigenvalue weighted by Crippen LogP contribution is -2.01. The van der Waals surface area contributed by atoms with E-state index in [1.807, 2.05) is 42.5 Å². The Balaban J connectivity index is 1.36. The highest BCUT2D eigenvalue weighted by molar-refractivity contribution is 6.39. The average molecular weight is 547 g/mol. The Morgan fingerprint density at radius 3 is 2.42 bits per heavy atom. The molecule has 0 spiro atoms. The van der Waals surface area contributed by atoms with Crippen LogP contribution in [0.25, 0.3) is 33.3 Å². The summed E-state index contributed by atoms with van der Waals surface area (Å²) in [6, 6.07) is 20.9. The molecule has 0 atom stereocenters. The van der Waals surface area contributed by atoms with Gasteiger partial charge in [-0.2, -0.15) is 0 Å². The van der Waals surface area contributed by atoms with Crippen LogP contribution in [0.5, 0.6) is 5.75 Å². The highest BCUT2D eigenvalue weighted by Crippen LogP contribution is 2.37. The molecule has 5 rings (SSSR count). The fraction of sp³-hybridized carbons (Fsp3) is 0.167. The van der Waals surface area contributed by atoms with E-state index in [0.717, 1.165) is 46.2 Å². The van der Waals surface area contributed by atoms with Gasteiger partial charge in [-0.25, -0.2) is 4.79 Å². The van der Waals surface area contributed by atoms with Gasteiger partial charge >= 0.3 is 5.97 Å². The first-order valence-corrected chi connectivity index (χ1v) is 12.9. The van der Waals surface area contributed by atoms with Crippen molar-refractivity contribution in [2.24, 2.45) is 0 Å². The van der Waals surface area contributed by atoms with Crippen molar-refractivity contribution in [3.63, 3.8) is 0 Å². The minimum atomic E-state index is -0.408. The van der Waals surface area contributed by atoms with Crippen LogP contribution in [0, 0.1) is 0 Å². The first-order chi connectivity index (χ1) is 18.5. The van der Waals surface area contributed by atoms with E-state index in [1.54, 1.807) is 24.3 Å². The van der Waals surface area contributed by atoms with Crippen molar-refractivity contribution in [1.29, 1.82) is 0 Å². The standard InChI is InChI=1S/C30H24Cl2N2O4/c1-3-5-27-23(29(34-38-27)28-24(31)6-4-7-25(28)32)17-37-22-12-10-18(11-13-22)19-8-9-20-14-21(30(35)36-2)16-33-26(20)15-19/h4,6-16H,3,5,17H2,1-2H3. The molecule has 0 aliphatic carbocycles. The van der Waals surface area contributed by atoms with Crippen LogP contribution in [0.1, 0.15) is 35.0 Å². The largest absolute Gasteiger partial charge is 0.489 e. The van der Waals surface area contributed by atoms with Crippen LogP contribution >= 0.6 is 23.2 Å². The Bertz CT molecular complexity index is 1590. The molecule has 6 nitrogen and oxygen atoms in total. The maximum absolute atomic E-state index is 11.8. The van der Waals surface area contributed by atoms with Crippen LogP contribution in [0.2, 0.25) is 10.0 Å². The molecule has 3 aromatic carbocycles. The second-order valence-corrected chi connectivity index (χ2v) is 9.53. The van der Waals surface area contributed by atoms with Crippen molar-refractivity contribution in [2.45, 2.75) is 26.4 Å². The van der Waals surface area contributed by atoms with Gasteiger partial charge < -0.3 is 14.0 Å². The first-order valence-electron chi connectivity index (χ1n) is 12.1. The molecule has 2 aromatic heterocycles. The molecule has 0 fully saturated rings. The van der Waals surface area contributed by atoms with Gasteiger partial charge in [-0.3, -0.25) is 4.98 Å². The van der Waals surface area contributed by atoms with Crippen molar-refractivity contribution in [1.82, 2.24) is 10.1 Å². The molecule has 5 aromatic rings. The Morgan fingerprint density at radius 2 is 1.71 bits per heavy atom. The number of pyridine rings is 1. The molecule has 192 valence electrons. The first kappa shape index (κ1) is 25.8. The third-order valence-corrected chi connectivity index (χ3v) is 6.85. The highest BCUT2D eigenvalue weighted by atomic mass is 35.5. The van der Waals surface area contributed by atoms with Crippen molar-refractivity contribution in [3.05, 3.63) is 99.9 Å². The molecule has 0 aliphatic rings. The van der Waals surface area contributed by atoms with E-state index in [4.69, 9.17) is 37.2 Å². The number of hydrogen-bond acceptors (Lipinski definition) is 6. The molecule has 0 saturated carbocycles. The van der Waals surface area contributed by atoms with Gasteiger partial charge in [0.1, 0.15) is 23.8 Å². The molecule has 0 radical (unpaired) electrons. The predicted molar refractivity (Wildman–Crippen MR) is 149 cm³/mol. The monoisotopic (exact) mass is 546 g/mol. The summed E-state index contributed by atoms with van der Waals surface area (Å²) in [7, 11) is 1.35. The summed E-state index contributed by atoms with van der Waals surface area (Å²) in [5.74, 6) is 1.05. The molecular formula is C30H24Cl2N2O4. The minimum Gasteiger partial charge on any atom is -0.489 e. The van der Waals surface area contributed by atoms with Crippen LogP contribution in [-0.4, -0.2) is 23.2 Å². The maximum Gasteiger partial charge on any atom is 0.339 e. The number of hydrogen-bond donors (Lipinski definition) is 0. The molecule has 0 N–H and O–H groups in total. The number of fused-ring (bicyclic) bond motifs is 1. The van der Waals surface area contributed by atoms with E-state index in [2.05, 4.69) is 17.1 Å². The van der Waals surface area contributed by atoms with E-state index < -0.39 is 5.97 Å². The molecule has 0 aliphatic heterocycles. The number of nitrogens with zero attached hydrogens (tertiary/aromatic N) is 2. The summed E-state index contributed by atoms with van der Waals surface area (Å²) < 4.78 is 16.6. The zero-order valence-corrected chi connectivity index (χ0v) is 22.3. The van der Waals surface area contributed by atoms with Crippen LogP contribution in [0.4, 0.5) is 0 Å². The number of aromatic nitrogens is 2. The molecule has 0 unspecified atom stereocenters. The van der Waals surface area contributed by atoms with E-state index in [1.165, 1.54) is 13.3 Å². The van der Waals surface area contributed by atoms with Gasteiger partial charge in [0.25, 0.3) is 0 Å². The number of benzene rings is 3. The molecule has 8 heteroatoms. The second-order valence-electron chi connectivity index (χ2n) is 8.72. The van der Waals surface area contributed by atoms with Crippen molar-refractivity contribution in [2.75, 3.05) is 7.11 Å². The Morgan fingerprint density at radius 1 is 0.974 bits per heavy atom. The van der Waals surface area contributed by atoms with E-state index >= 15 is 0 Å². The summed E-state index contributed by atoms with van der Waals surface area (Å²) in [6.45, 7) is 2.34. The predicted octanol–water partition coefficient (Wildman–Crippen LogP) is 8.18. The lowest BCUT2D eigenvalue weighted by molar-refractivity contribution is 0.0600. The zero-order valence-electron chi connectivity index (χ0n) is 20.8. The van der Waals surface area contributed by atoms with E-state index in [9.17, 15) is 4.79 Å². The van der Waals surface area contributed by atoms with E-state index in [0.29, 0.717) is 32.6 Å².